The summed E-state index contributed by atoms with van der Waals surface area (Å²) in [6.45, 7) is 8.32. The van der Waals surface area contributed by atoms with E-state index in [0.29, 0.717) is 6.42 Å². The summed E-state index contributed by atoms with van der Waals surface area (Å²) in [5, 5.41) is 0. The number of rotatable bonds is 3. The average molecular weight is 223 g/mol. The van der Waals surface area contributed by atoms with E-state index in [4.69, 9.17) is 5.73 Å². The van der Waals surface area contributed by atoms with Crippen molar-refractivity contribution in [3.8, 4) is 0 Å². The predicted octanol–water partition coefficient (Wildman–Crippen LogP) is 3.44. The van der Waals surface area contributed by atoms with Crippen LogP contribution in [0.4, 0.5) is 4.39 Å². The van der Waals surface area contributed by atoms with Gasteiger partial charge in [-0.05, 0) is 36.8 Å². The van der Waals surface area contributed by atoms with Crippen molar-refractivity contribution in [2.24, 2.45) is 11.1 Å². The first-order chi connectivity index (χ1) is 7.30. The van der Waals surface area contributed by atoms with Crippen molar-refractivity contribution < 1.29 is 4.39 Å². The molecule has 0 spiro atoms. The highest BCUT2D eigenvalue weighted by molar-refractivity contribution is 5.24. The van der Waals surface area contributed by atoms with E-state index in [9.17, 15) is 4.39 Å². The second kappa shape index (κ2) is 4.96. The Balaban J connectivity index is 2.64. The number of aryl methyl sites for hydroxylation is 2. The lowest BCUT2D eigenvalue weighted by molar-refractivity contribution is 0.305. The van der Waals surface area contributed by atoms with Crippen LogP contribution in [-0.4, -0.2) is 6.04 Å². The van der Waals surface area contributed by atoms with Gasteiger partial charge in [0.25, 0.3) is 0 Å². The van der Waals surface area contributed by atoms with Gasteiger partial charge in [0.05, 0.1) is 0 Å². The molecular weight excluding hydrogens is 201 g/mol. The Morgan fingerprint density at radius 3 is 2.50 bits per heavy atom. The van der Waals surface area contributed by atoms with E-state index in [1.54, 1.807) is 6.07 Å². The molecule has 0 aliphatic heterocycles. The average Bonchev–Trinajstić information content (AvgIpc) is 2.17. The monoisotopic (exact) mass is 223 g/mol. The largest absolute Gasteiger partial charge is 0.327 e. The Morgan fingerprint density at radius 1 is 1.31 bits per heavy atom. The summed E-state index contributed by atoms with van der Waals surface area (Å²) in [6.07, 6.45) is 1.54. The van der Waals surface area contributed by atoms with E-state index in [2.05, 4.69) is 20.8 Å². The summed E-state index contributed by atoms with van der Waals surface area (Å²) < 4.78 is 13.5. The van der Waals surface area contributed by atoms with Gasteiger partial charge in [0.15, 0.2) is 0 Å². The fourth-order valence-corrected chi connectivity index (χ4v) is 1.64. The molecule has 0 aromatic heterocycles. The summed E-state index contributed by atoms with van der Waals surface area (Å²) in [6, 6.07) is 5.34. The van der Waals surface area contributed by atoms with Gasteiger partial charge in [-0.2, -0.15) is 0 Å². The second-order valence-corrected chi connectivity index (χ2v) is 5.61. The SMILES string of the molecule is Cc1ccc(F)c(CCC(N)C(C)(C)C)c1. The van der Waals surface area contributed by atoms with Crippen LogP contribution in [0.5, 0.6) is 0 Å². The second-order valence-electron chi connectivity index (χ2n) is 5.61. The minimum Gasteiger partial charge on any atom is -0.327 e. The first-order valence-corrected chi connectivity index (χ1v) is 5.81. The highest BCUT2D eigenvalue weighted by Crippen LogP contribution is 2.22. The van der Waals surface area contributed by atoms with Crippen LogP contribution in [0.1, 0.15) is 38.3 Å². The number of halogens is 1. The van der Waals surface area contributed by atoms with Crippen LogP contribution in [0.25, 0.3) is 0 Å². The van der Waals surface area contributed by atoms with E-state index in [1.807, 2.05) is 13.0 Å². The van der Waals surface area contributed by atoms with Crippen molar-refractivity contribution in [1.29, 1.82) is 0 Å². The van der Waals surface area contributed by atoms with Crippen molar-refractivity contribution in [2.45, 2.75) is 46.6 Å². The number of hydrogen-bond acceptors (Lipinski definition) is 1. The van der Waals surface area contributed by atoms with Gasteiger partial charge in [-0.1, -0.05) is 38.5 Å². The van der Waals surface area contributed by atoms with Gasteiger partial charge in [-0.3, -0.25) is 0 Å². The van der Waals surface area contributed by atoms with Gasteiger partial charge in [0.1, 0.15) is 5.82 Å². The molecule has 16 heavy (non-hydrogen) atoms. The lowest BCUT2D eigenvalue weighted by Gasteiger charge is -2.27. The van der Waals surface area contributed by atoms with Crippen molar-refractivity contribution in [1.82, 2.24) is 0 Å². The van der Waals surface area contributed by atoms with Gasteiger partial charge in [-0.15, -0.1) is 0 Å². The Bertz CT molecular complexity index is 352. The predicted molar refractivity (Wildman–Crippen MR) is 66.9 cm³/mol. The fourth-order valence-electron chi connectivity index (χ4n) is 1.64. The quantitative estimate of drug-likeness (QED) is 0.834. The van der Waals surface area contributed by atoms with Gasteiger partial charge >= 0.3 is 0 Å². The highest BCUT2D eigenvalue weighted by Gasteiger charge is 2.20. The molecule has 2 N–H and O–H groups in total. The van der Waals surface area contributed by atoms with Crippen LogP contribution in [-0.2, 0) is 6.42 Å². The Morgan fingerprint density at radius 2 is 1.94 bits per heavy atom. The molecule has 1 nitrogen and oxygen atoms in total. The Kier molecular flexibility index (Phi) is 4.09. The molecule has 1 atom stereocenters. The normalized spacial score (nSPS) is 13.9. The van der Waals surface area contributed by atoms with E-state index >= 15 is 0 Å². The van der Waals surface area contributed by atoms with Crippen LogP contribution in [0.3, 0.4) is 0 Å². The Labute approximate surface area is 97.9 Å². The molecule has 1 rings (SSSR count). The minimum absolute atomic E-state index is 0.0836. The topological polar surface area (TPSA) is 26.0 Å². The molecule has 0 radical (unpaired) electrons. The van der Waals surface area contributed by atoms with Gasteiger partial charge in [-0.25, -0.2) is 4.39 Å². The molecule has 0 aliphatic carbocycles. The molecule has 0 aliphatic rings. The van der Waals surface area contributed by atoms with Crippen molar-refractivity contribution in [2.75, 3.05) is 0 Å². The van der Waals surface area contributed by atoms with E-state index in [0.717, 1.165) is 17.5 Å². The molecule has 0 bridgehead atoms. The van der Waals surface area contributed by atoms with E-state index in [-0.39, 0.29) is 17.3 Å². The smallest absolute Gasteiger partial charge is 0.126 e. The van der Waals surface area contributed by atoms with Gasteiger partial charge < -0.3 is 5.73 Å². The third-order valence-corrected chi connectivity index (χ3v) is 3.04. The zero-order valence-electron chi connectivity index (χ0n) is 10.7. The maximum atomic E-state index is 13.5. The molecule has 2 heteroatoms. The number of hydrogen-bond donors (Lipinski definition) is 1. The first kappa shape index (κ1) is 13.2. The van der Waals surface area contributed by atoms with Crippen LogP contribution in [0, 0.1) is 18.2 Å². The Hall–Kier alpha value is -0.890. The molecule has 0 fully saturated rings. The number of benzene rings is 1. The summed E-state index contributed by atoms with van der Waals surface area (Å²) in [5.74, 6) is -0.119. The van der Waals surface area contributed by atoms with Crippen molar-refractivity contribution >= 4 is 0 Å². The van der Waals surface area contributed by atoms with Crippen LogP contribution < -0.4 is 5.73 Å². The lowest BCUT2D eigenvalue weighted by atomic mass is 9.84. The fraction of sp³-hybridized carbons (Fsp3) is 0.571. The zero-order chi connectivity index (χ0) is 12.3. The molecular formula is C14H22FN. The molecule has 1 aromatic carbocycles. The maximum absolute atomic E-state index is 13.5. The van der Waals surface area contributed by atoms with E-state index in [1.165, 1.54) is 6.07 Å². The summed E-state index contributed by atoms with van der Waals surface area (Å²) >= 11 is 0. The van der Waals surface area contributed by atoms with Gasteiger partial charge in [0.2, 0.25) is 0 Å². The molecule has 1 unspecified atom stereocenters. The first-order valence-electron chi connectivity index (χ1n) is 5.81. The number of nitrogens with two attached hydrogens (primary N) is 1. The molecule has 0 amide bonds. The standard InChI is InChI=1S/C14H22FN/c1-10-5-7-12(15)11(9-10)6-8-13(16)14(2,3)4/h5,7,9,13H,6,8,16H2,1-4H3. The summed E-state index contributed by atoms with van der Waals surface area (Å²) in [5.41, 5.74) is 8.02. The van der Waals surface area contributed by atoms with Gasteiger partial charge in [0, 0.05) is 6.04 Å². The van der Waals surface area contributed by atoms with Crippen molar-refractivity contribution in [3.05, 3.63) is 35.1 Å². The molecule has 1 aromatic rings. The minimum atomic E-state index is -0.119. The van der Waals surface area contributed by atoms with E-state index < -0.39 is 0 Å². The molecule has 0 saturated heterocycles. The lowest BCUT2D eigenvalue weighted by Crippen LogP contribution is -2.35. The summed E-state index contributed by atoms with van der Waals surface area (Å²) in [4.78, 5) is 0. The zero-order valence-corrected chi connectivity index (χ0v) is 10.7. The third-order valence-electron chi connectivity index (χ3n) is 3.04. The van der Waals surface area contributed by atoms with Crippen LogP contribution in [0.15, 0.2) is 18.2 Å². The molecule has 0 heterocycles. The molecule has 0 saturated carbocycles. The maximum Gasteiger partial charge on any atom is 0.126 e. The van der Waals surface area contributed by atoms with Crippen LogP contribution in [0.2, 0.25) is 0 Å². The van der Waals surface area contributed by atoms with Crippen molar-refractivity contribution in [3.63, 3.8) is 0 Å². The summed E-state index contributed by atoms with van der Waals surface area (Å²) in [7, 11) is 0. The third kappa shape index (κ3) is 3.60. The van der Waals surface area contributed by atoms with Crippen LogP contribution >= 0.6 is 0 Å². The molecule has 90 valence electrons. The highest BCUT2D eigenvalue weighted by atomic mass is 19.1.